The zero-order chi connectivity index (χ0) is 7.28. The van der Waals surface area contributed by atoms with E-state index >= 15 is 0 Å². The zero-order valence-electron chi connectivity index (χ0n) is 4.65. The van der Waals surface area contributed by atoms with Crippen LogP contribution >= 0.6 is 0 Å². The number of aliphatic hydroxyl groups is 2. The van der Waals surface area contributed by atoms with Crippen molar-refractivity contribution < 1.29 is 10.2 Å². The van der Waals surface area contributed by atoms with E-state index in [9.17, 15) is 0 Å². The second kappa shape index (κ2) is 3.95. The van der Waals surface area contributed by atoms with Gasteiger partial charge in [-0.2, -0.15) is 10.4 Å². The fourth-order valence-electron chi connectivity index (χ4n) is 0.334. The van der Waals surface area contributed by atoms with Crippen LogP contribution in [0.25, 0.3) is 0 Å². The second-order valence-corrected chi connectivity index (χ2v) is 1.49. The summed E-state index contributed by atoms with van der Waals surface area (Å²) in [6, 6.07) is 0.683. The Morgan fingerprint density at radius 2 is 2.22 bits per heavy atom. The Morgan fingerprint density at radius 1 is 1.67 bits per heavy atom. The number of hydrogen-bond acceptors (Lipinski definition) is 5. The predicted octanol–water partition coefficient (Wildman–Crippen LogP) is -0.390. The van der Waals surface area contributed by atoms with Crippen LogP contribution in [0.3, 0.4) is 0 Å². The number of rotatable bonds is 3. The minimum atomic E-state index is -1.55. The first kappa shape index (κ1) is 8.01. The summed E-state index contributed by atoms with van der Waals surface area (Å²) >= 11 is 0. The van der Waals surface area contributed by atoms with Gasteiger partial charge in [0.15, 0.2) is 12.3 Å². The van der Waals surface area contributed by atoms with Crippen LogP contribution in [0.2, 0.25) is 0 Å². The van der Waals surface area contributed by atoms with Crippen LogP contribution < -0.4 is 0 Å². The minimum absolute atomic E-state index is 0.194. The summed E-state index contributed by atoms with van der Waals surface area (Å²) in [5.74, 6) is 0. The lowest BCUT2D eigenvalue weighted by Crippen LogP contribution is -2.13. The molecule has 0 aliphatic rings. The van der Waals surface area contributed by atoms with E-state index < -0.39 is 12.3 Å². The Hall–Kier alpha value is -0.990. The normalized spacial score (nSPS) is 12.7. The maximum absolute atomic E-state index is 8.25. The molecule has 0 aromatic carbocycles. The van der Waals surface area contributed by atoms with E-state index in [0.29, 0.717) is 0 Å². The van der Waals surface area contributed by atoms with Crippen molar-refractivity contribution in [2.75, 3.05) is 0 Å². The third-order valence-corrected chi connectivity index (χ3v) is 0.739. The van der Waals surface area contributed by atoms with Gasteiger partial charge >= 0.3 is 0 Å². The van der Waals surface area contributed by atoms with Crippen molar-refractivity contribution >= 4 is 0 Å². The molecule has 0 aromatic heterocycles. The van der Waals surface area contributed by atoms with Gasteiger partial charge in [0.05, 0.1) is 6.07 Å². The molecule has 0 rings (SSSR count). The molecular formula is C4H7N3O2. The quantitative estimate of drug-likeness (QED) is 0.357. The topological polar surface area (TPSA) is 100 Å². The molecule has 0 amide bonds. The van der Waals surface area contributed by atoms with Crippen LogP contribution in [0.1, 0.15) is 6.42 Å². The van der Waals surface area contributed by atoms with Gasteiger partial charge in [0, 0.05) is 6.42 Å². The van der Waals surface area contributed by atoms with Gasteiger partial charge in [0.1, 0.15) is 0 Å². The van der Waals surface area contributed by atoms with Crippen molar-refractivity contribution in [2.45, 2.75) is 18.8 Å². The van der Waals surface area contributed by atoms with Crippen molar-refractivity contribution in [3.63, 3.8) is 0 Å². The molecule has 0 heterocycles. The van der Waals surface area contributed by atoms with Gasteiger partial charge in [0.2, 0.25) is 0 Å². The first-order valence-corrected chi connectivity index (χ1v) is 2.33. The Bertz CT molecular complexity index is 128. The van der Waals surface area contributed by atoms with Crippen molar-refractivity contribution in [1.29, 1.82) is 10.8 Å². The van der Waals surface area contributed by atoms with Crippen LogP contribution in [0.4, 0.5) is 0 Å². The van der Waals surface area contributed by atoms with E-state index in [2.05, 4.69) is 5.11 Å². The monoisotopic (exact) mass is 129 g/mol. The van der Waals surface area contributed by atoms with Gasteiger partial charge in [-0.25, -0.2) is 5.53 Å². The van der Waals surface area contributed by atoms with E-state index in [1.807, 2.05) is 0 Å². The van der Waals surface area contributed by atoms with Crippen LogP contribution in [0.15, 0.2) is 5.11 Å². The smallest absolute Gasteiger partial charge is 0.161 e. The maximum atomic E-state index is 8.25. The molecule has 50 valence electrons. The molecule has 3 N–H and O–H groups in total. The van der Waals surface area contributed by atoms with E-state index in [-0.39, 0.29) is 6.42 Å². The summed E-state index contributed by atoms with van der Waals surface area (Å²) in [7, 11) is 0. The highest BCUT2D eigenvalue weighted by atomic mass is 16.5. The fraction of sp³-hybridized carbons (Fsp3) is 0.750. The van der Waals surface area contributed by atoms with Gasteiger partial charge in [-0.3, -0.25) is 0 Å². The fourth-order valence-corrected chi connectivity index (χ4v) is 0.334. The van der Waals surface area contributed by atoms with Gasteiger partial charge in [-0.15, -0.1) is 0 Å². The Balaban J connectivity index is 3.59. The molecule has 1 atom stereocenters. The molecule has 5 heteroatoms. The molecule has 0 aromatic rings. The molecule has 0 aliphatic carbocycles. The summed E-state index contributed by atoms with van der Waals surface area (Å²) in [6.07, 6.45) is -1.75. The highest BCUT2D eigenvalue weighted by molar-refractivity contribution is 4.88. The van der Waals surface area contributed by atoms with Crippen LogP contribution in [0.5, 0.6) is 0 Å². The molecular weight excluding hydrogens is 122 g/mol. The van der Waals surface area contributed by atoms with Crippen molar-refractivity contribution in [2.24, 2.45) is 5.11 Å². The highest BCUT2D eigenvalue weighted by Gasteiger charge is 2.08. The lowest BCUT2D eigenvalue weighted by Gasteiger charge is -2.01. The number of nitrogens with zero attached hydrogens (tertiary/aromatic N) is 2. The summed E-state index contributed by atoms with van der Waals surface area (Å²) < 4.78 is 0. The lowest BCUT2D eigenvalue weighted by atomic mass is 10.2. The molecule has 0 fully saturated rings. The summed E-state index contributed by atoms with van der Waals surface area (Å²) in [4.78, 5) is 0. The largest absolute Gasteiger partial charge is 0.368 e. The molecule has 0 saturated carbocycles. The minimum Gasteiger partial charge on any atom is -0.368 e. The van der Waals surface area contributed by atoms with E-state index in [0.717, 1.165) is 0 Å². The average Bonchev–Trinajstić information content (AvgIpc) is 1.82. The number of nitriles is 1. The van der Waals surface area contributed by atoms with Gasteiger partial charge < -0.3 is 10.2 Å². The first-order chi connectivity index (χ1) is 4.20. The highest BCUT2D eigenvalue weighted by Crippen LogP contribution is 1.97. The van der Waals surface area contributed by atoms with Crippen LogP contribution in [-0.2, 0) is 0 Å². The van der Waals surface area contributed by atoms with Crippen LogP contribution in [-0.4, -0.2) is 22.5 Å². The standard InChI is InChI=1S/C4H7N3O2/c5-2-3(7-6)1-4(8)9/h3-4,6,8-9H,1H2. The third kappa shape index (κ3) is 3.58. The summed E-state index contributed by atoms with van der Waals surface area (Å²) in [5.41, 5.74) is 6.33. The molecule has 9 heavy (non-hydrogen) atoms. The van der Waals surface area contributed by atoms with Crippen molar-refractivity contribution in [1.82, 2.24) is 0 Å². The Labute approximate surface area is 52.1 Å². The van der Waals surface area contributed by atoms with E-state index in [1.165, 1.54) is 0 Å². The van der Waals surface area contributed by atoms with E-state index in [1.54, 1.807) is 6.07 Å². The number of nitrogens with one attached hydrogen (secondary N) is 1. The molecule has 0 spiro atoms. The van der Waals surface area contributed by atoms with Crippen molar-refractivity contribution in [3.8, 4) is 6.07 Å². The first-order valence-electron chi connectivity index (χ1n) is 2.33. The van der Waals surface area contributed by atoms with Gasteiger partial charge in [0.25, 0.3) is 0 Å². The molecule has 0 radical (unpaired) electrons. The molecule has 0 bridgehead atoms. The predicted molar refractivity (Wildman–Crippen MR) is 27.4 cm³/mol. The van der Waals surface area contributed by atoms with Gasteiger partial charge in [-0.05, 0) is 0 Å². The molecule has 1 unspecified atom stereocenters. The number of aliphatic hydroxyl groups excluding tert-OH is 1. The Kier molecular flexibility index (Phi) is 3.51. The van der Waals surface area contributed by atoms with Crippen molar-refractivity contribution in [3.05, 3.63) is 0 Å². The number of hydrogen-bond donors (Lipinski definition) is 3. The zero-order valence-corrected chi connectivity index (χ0v) is 4.65. The van der Waals surface area contributed by atoms with E-state index in [4.69, 9.17) is 21.0 Å². The van der Waals surface area contributed by atoms with Crippen LogP contribution in [0, 0.1) is 16.9 Å². The summed E-state index contributed by atoms with van der Waals surface area (Å²) in [5, 5.41) is 27.4. The molecule has 5 nitrogen and oxygen atoms in total. The second-order valence-electron chi connectivity index (χ2n) is 1.49. The summed E-state index contributed by atoms with van der Waals surface area (Å²) in [6.45, 7) is 0. The Morgan fingerprint density at radius 3 is 2.33 bits per heavy atom. The third-order valence-electron chi connectivity index (χ3n) is 0.739. The average molecular weight is 129 g/mol. The maximum Gasteiger partial charge on any atom is 0.161 e. The molecule has 0 saturated heterocycles. The SMILES string of the molecule is N#CC(CC(O)O)N=N. The lowest BCUT2D eigenvalue weighted by molar-refractivity contribution is -0.0467. The van der Waals surface area contributed by atoms with Gasteiger partial charge in [-0.1, -0.05) is 0 Å². The molecule has 0 aliphatic heterocycles.